The summed E-state index contributed by atoms with van der Waals surface area (Å²) in [5.74, 6) is -0.195. The van der Waals surface area contributed by atoms with E-state index in [0.717, 1.165) is 11.8 Å². The third-order valence-electron chi connectivity index (χ3n) is 1.39. The zero-order valence-electron chi connectivity index (χ0n) is 7.14. The van der Waals surface area contributed by atoms with Gasteiger partial charge in [-0.05, 0) is 18.4 Å². The number of esters is 1. The minimum absolute atomic E-state index is 0.445. The van der Waals surface area contributed by atoms with Crippen LogP contribution >= 0.6 is 11.8 Å². The first-order valence-electron chi connectivity index (χ1n) is 3.71. The summed E-state index contributed by atoms with van der Waals surface area (Å²) in [7, 11) is 0. The maximum atomic E-state index is 11.1. The number of ether oxygens (including phenoxy) is 1. The highest BCUT2D eigenvalue weighted by atomic mass is 32.2. The minimum atomic E-state index is -1.11. The molecule has 0 aliphatic heterocycles. The Morgan fingerprint density at radius 2 is 2.08 bits per heavy atom. The van der Waals surface area contributed by atoms with E-state index in [9.17, 15) is 4.79 Å². The number of aliphatic hydroxyl groups excluding tert-OH is 1. The number of thioether (sulfide) groups is 1. The van der Waals surface area contributed by atoms with Gasteiger partial charge < -0.3 is 9.84 Å². The van der Waals surface area contributed by atoms with Gasteiger partial charge in [-0.3, -0.25) is 0 Å². The van der Waals surface area contributed by atoms with Gasteiger partial charge >= 0.3 is 5.97 Å². The van der Waals surface area contributed by atoms with Crippen molar-refractivity contribution in [2.75, 3.05) is 6.26 Å². The van der Waals surface area contributed by atoms with Crippen LogP contribution in [0.15, 0.2) is 30.3 Å². The Bertz CT molecular complexity index is 273. The van der Waals surface area contributed by atoms with Crippen LogP contribution in [0.3, 0.4) is 0 Å². The van der Waals surface area contributed by atoms with E-state index in [1.54, 1.807) is 30.5 Å². The Morgan fingerprint density at radius 3 is 2.62 bits per heavy atom. The molecule has 13 heavy (non-hydrogen) atoms. The molecule has 3 nitrogen and oxygen atoms in total. The first-order chi connectivity index (χ1) is 6.24. The van der Waals surface area contributed by atoms with E-state index in [4.69, 9.17) is 9.84 Å². The van der Waals surface area contributed by atoms with E-state index in [-0.39, 0.29) is 0 Å². The Morgan fingerprint density at radius 1 is 1.46 bits per heavy atom. The van der Waals surface area contributed by atoms with Gasteiger partial charge in [-0.1, -0.05) is 18.2 Å². The monoisotopic (exact) mass is 198 g/mol. The lowest BCUT2D eigenvalue weighted by Gasteiger charge is -2.06. The Labute approximate surface area is 80.7 Å². The molecule has 0 amide bonds. The normalized spacial score (nSPS) is 12.2. The van der Waals surface area contributed by atoms with Crippen molar-refractivity contribution in [1.82, 2.24) is 0 Å². The van der Waals surface area contributed by atoms with Crippen LogP contribution in [0.1, 0.15) is 0 Å². The fourth-order valence-electron chi connectivity index (χ4n) is 0.751. The molecule has 0 aliphatic carbocycles. The first kappa shape index (κ1) is 10.1. The summed E-state index contributed by atoms with van der Waals surface area (Å²) in [6.07, 6.45) is 1.64. The van der Waals surface area contributed by atoms with E-state index in [0.29, 0.717) is 5.75 Å². The number of benzene rings is 1. The van der Waals surface area contributed by atoms with Gasteiger partial charge in [0.1, 0.15) is 5.75 Å². The zero-order valence-corrected chi connectivity index (χ0v) is 7.95. The topological polar surface area (TPSA) is 46.5 Å². The smallest absolute Gasteiger partial charge is 0.350 e. The number of aliphatic hydroxyl groups is 1. The Balaban J connectivity index is 2.55. The van der Waals surface area contributed by atoms with Gasteiger partial charge in [-0.15, -0.1) is 11.8 Å². The molecule has 0 aliphatic rings. The predicted molar refractivity (Wildman–Crippen MR) is 51.6 cm³/mol. The molecular formula is C9H10O3S. The second kappa shape index (κ2) is 4.89. The van der Waals surface area contributed by atoms with E-state index in [1.165, 1.54) is 0 Å². The van der Waals surface area contributed by atoms with Crippen molar-refractivity contribution >= 4 is 17.7 Å². The fraction of sp³-hybridized carbons (Fsp3) is 0.222. The molecule has 1 unspecified atom stereocenters. The molecule has 1 atom stereocenters. The first-order valence-corrected chi connectivity index (χ1v) is 5.00. The van der Waals surface area contributed by atoms with E-state index in [2.05, 4.69) is 0 Å². The van der Waals surface area contributed by atoms with Crippen LogP contribution < -0.4 is 4.74 Å². The van der Waals surface area contributed by atoms with E-state index < -0.39 is 11.4 Å². The van der Waals surface area contributed by atoms with Crippen molar-refractivity contribution in [1.29, 1.82) is 0 Å². The van der Waals surface area contributed by atoms with Crippen LogP contribution in [-0.4, -0.2) is 22.8 Å². The molecule has 0 heterocycles. The maximum Gasteiger partial charge on any atom is 0.350 e. The van der Waals surface area contributed by atoms with E-state index in [1.807, 2.05) is 6.07 Å². The summed E-state index contributed by atoms with van der Waals surface area (Å²) in [6.45, 7) is 0. The van der Waals surface area contributed by atoms with E-state index >= 15 is 0 Å². The number of para-hydroxylation sites is 1. The minimum Gasteiger partial charge on any atom is -0.424 e. The lowest BCUT2D eigenvalue weighted by molar-refractivity contribution is -0.139. The summed E-state index contributed by atoms with van der Waals surface area (Å²) in [5.41, 5.74) is -1.11. The fourth-order valence-corrected chi connectivity index (χ4v) is 0.992. The van der Waals surface area contributed by atoms with Gasteiger partial charge in [0.05, 0.1) is 0 Å². The predicted octanol–water partition coefficient (Wildman–Crippen LogP) is 1.27. The molecule has 1 N–H and O–H groups in total. The summed E-state index contributed by atoms with van der Waals surface area (Å²) in [5, 5.41) is 9.08. The van der Waals surface area contributed by atoms with Crippen LogP contribution in [-0.2, 0) is 4.79 Å². The Kier molecular flexibility index (Phi) is 3.79. The van der Waals surface area contributed by atoms with Crippen molar-refractivity contribution in [2.45, 2.75) is 5.44 Å². The van der Waals surface area contributed by atoms with Crippen molar-refractivity contribution in [2.24, 2.45) is 0 Å². The molecule has 0 saturated heterocycles. The number of hydrogen-bond acceptors (Lipinski definition) is 4. The Hall–Kier alpha value is -1.00. The summed E-state index contributed by atoms with van der Waals surface area (Å²) in [6, 6.07) is 8.65. The molecule has 0 aromatic heterocycles. The van der Waals surface area contributed by atoms with Gasteiger partial charge in [0.25, 0.3) is 0 Å². The molecule has 1 aromatic carbocycles. The van der Waals surface area contributed by atoms with Gasteiger partial charge in [0.15, 0.2) is 5.44 Å². The number of hydrogen-bond donors (Lipinski definition) is 1. The van der Waals surface area contributed by atoms with Crippen LogP contribution in [0.25, 0.3) is 0 Å². The molecule has 0 bridgehead atoms. The summed E-state index contributed by atoms with van der Waals surface area (Å²) >= 11 is 1.03. The number of rotatable bonds is 3. The third-order valence-corrected chi connectivity index (χ3v) is 2.03. The average molecular weight is 198 g/mol. The highest BCUT2D eigenvalue weighted by molar-refractivity contribution is 7.99. The maximum absolute atomic E-state index is 11.1. The highest BCUT2D eigenvalue weighted by Gasteiger charge is 2.15. The van der Waals surface area contributed by atoms with Crippen molar-refractivity contribution < 1.29 is 14.6 Å². The van der Waals surface area contributed by atoms with Gasteiger partial charge in [-0.2, -0.15) is 0 Å². The van der Waals surface area contributed by atoms with Crippen LogP contribution in [0.5, 0.6) is 5.75 Å². The lowest BCUT2D eigenvalue weighted by Crippen LogP contribution is -2.21. The molecule has 4 heteroatoms. The average Bonchev–Trinajstić information content (AvgIpc) is 2.18. The standard InChI is InChI=1S/C9H10O3S/c1-13-9(11)8(10)12-7-5-3-2-4-6-7/h2-6,9,11H,1H3. The number of carbonyl (C=O) groups excluding carboxylic acids is 1. The molecule has 0 saturated carbocycles. The van der Waals surface area contributed by atoms with Gasteiger partial charge in [0.2, 0.25) is 0 Å². The molecule has 0 fully saturated rings. The summed E-state index contributed by atoms with van der Waals surface area (Å²) in [4.78, 5) is 11.1. The van der Waals surface area contributed by atoms with Crippen molar-refractivity contribution in [3.05, 3.63) is 30.3 Å². The number of carbonyl (C=O) groups is 1. The highest BCUT2D eigenvalue weighted by Crippen LogP contribution is 2.11. The largest absolute Gasteiger partial charge is 0.424 e. The SMILES string of the molecule is CSC(O)C(=O)Oc1ccccc1. The molecule has 1 rings (SSSR count). The summed E-state index contributed by atoms with van der Waals surface area (Å²) < 4.78 is 4.86. The van der Waals surface area contributed by atoms with Gasteiger partial charge in [0, 0.05) is 0 Å². The third kappa shape index (κ3) is 3.08. The lowest BCUT2D eigenvalue weighted by atomic mass is 10.3. The van der Waals surface area contributed by atoms with Gasteiger partial charge in [-0.25, -0.2) is 4.79 Å². The second-order valence-corrected chi connectivity index (χ2v) is 3.24. The van der Waals surface area contributed by atoms with Crippen molar-refractivity contribution in [3.8, 4) is 5.75 Å². The zero-order chi connectivity index (χ0) is 9.68. The molecular weight excluding hydrogens is 188 g/mol. The van der Waals surface area contributed by atoms with Crippen LogP contribution in [0, 0.1) is 0 Å². The van der Waals surface area contributed by atoms with Crippen LogP contribution in [0.4, 0.5) is 0 Å². The molecule has 0 radical (unpaired) electrons. The van der Waals surface area contributed by atoms with Crippen LogP contribution in [0.2, 0.25) is 0 Å². The molecule has 1 aromatic rings. The second-order valence-electron chi connectivity index (χ2n) is 2.32. The molecule has 0 spiro atoms. The van der Waals surface area contributed by atoms with Crippen molar-refractivity contribution in [3.63, 3.8) is 0 Å². The quantitative estimate of drug-likeness (QED) is 0.451. The molecule has 70 valence electrons.